The Bertz CT molecular complexity index is 524. The van der Waals surface area contributed by atoms with Crippen LogP contribution in [0.2, 0.25) is 5.02 Å². The van der Waals surface area contributed by atoms with Gasteiger partial charge in [-0.3, -0.25) is 0 Å². The zero-order chi connectivity index (χ0) is 12.4. The molecule has 1 unspecified atom stereocenters. The molecule has 0 radical (unpaired) electrons. The highest BCUT2D eigenvalue weighted by Crippen LogP contribution is 2.31. The highest BCUT2D eigenvalue weighted by molar-refractivity contribution is 9.10. The van der Waals surface area contributed by atoms with Gasteiger partial charge in [-0.15, -0.1) is 11.3 Å². The van der Waals surface area contributed by atoms with Gasteiger partial charge >= 0.3 is 0 Å². The molecule has 4 heteroatoms. The van der Waals surface area contributed by atoms with Crippen LogP contribution in [0.15, 0.2) is 34.1 Å². The van der Waals surface area contributed by atoms with E-state index < -0.39 is 0 Å². The van der Waals surface area contributed by atoms with Crippen molar-refractivity contribution in [3.05, 3.63) is 49.6 Å². The van der Waals surface area contributed by atoms with Gasteiger partial charge in [0.25, 0.3) is 0 Å². The summed E-state index contributed by atoms with van der Waals surface area (Å²) in [6.45, 7) is 4.15. The predicted molar refractivity (Wildman–Crippen MR) is 80.2 cm³/mol. The lowest BCUT2D eigenvalue weighted by Crippen LogP contribution is -2.05. The molecule has 17 heavy (non-hydrogen) atoms. The van der Waals surface area contributed by atoms with Crippen molar-refractivity contribution in [1.29, 1.82) is 0 Å². The van der Waals surface area contributed by atoms with Crippen LogP contribution in [0.5, 0.6) is 0 Å². The SMILES string of the molecule is Cc1cccc(NC(C)c2cc(Br)cs2)c1Cl. The van der Waals surface area contributed by atoms with E-state index in [-0.39, 0.29) is 6.04 Å². The fourth-order valence-electron chi connectivity index (χ4n) is 1.62. The minimum absolute atomic E-state index is 0.255. The average molecular weight is 331 g/mol. The third-order valence-electron chi connectivity index (χ3n) is 2.58. The number of halogens is 2. The van der Waals surface area contributed by atoms with Crippen LogP contribution in [0, 0.1) is 6.92 Å². The van der Waals surface area contributed by atoms with E-state index in [1.54, 1.807) is 11.3 Å². The van der Waals surface area contributed by atoms with Crippen molar-refractivity contribution in [3.63, 3.8) is 0 Å². The topological polar surface area (TPSA) is 12.0 Å². The standard InChI is InChI=1S/C13H13BrClNS/c1-8-4-3-5-11(13(8)15)16-9(2)12-6-10(14)7-17-12/h3-7,9,16H,1-2H3. The molecule has 1 heterocycles. The molecule has 2 rings (SSSR count). The third-order valence-corrected chi connectivity index (χ3v) is 4.96. The first-order valence-electron chi connectivity index (χ1n) is 5.33. The van der Waals surface area contributed by atoms with Crippen molar-refractivity contribution in [2.24, 2.45) is 0 Å². The summed E-state index contributed by atoms with van der Waals surface area (Å²) in [5.41, 5.74) is 2.08. The van der Waals surface area contributed by atoms with E-state index in [9.17, 15) is 0 Å². The summed E-state index contributed by atoms with van der Waals surface area (Å²) in [6, 6.07) is 8.42. The van der Waals surface area contributed by atoms with Crippen LogP contribution in [0.1, 0.15) is 23.4 Å². The molecule has 0 saturated carbocycles. The Kier molecular flexibility index (Phi) is 4.13. The van der Waals surface area contributed by atoms with Crippen molar-refractivity contribution in [1.82, 2.24) is 0 Å². The monoisotopic (exact) mass is 329 g/mol. The quantitative estimate of drug-likeness (QED) is 0.767. The van der Waals surface area contributed by atoms with Gasteiger partial charge in [-0.1, -0.05) is 23.7 Å². The van der Waals surface area contributed by atoms with Gasteiger partial charge in [-0.2, -0.15) is 0 Å². The van der Waals surface area contributed by atoms with Gasteiger partial charge in [-0.25, -0.2) is 0 Å². The molecule has 0 aliphatic rings. The second-order valence-corrected chi connectivity index (χ2v) is 6.21. The van der Waals surface area contributed by atoms with Crippen LogP contribution in [-0.2, 0) is 0 Å². The number of rotatable bonds is 3. The summed E-state index contributed by atoms with van der Waals surface area (Å²) in [4.78, 5) is 1.29. The molecule has 90 valence electrons. The molecule has 1 aromatic carbocycles. The molecule has 0 bridgehead atoms. The van der Waals surface area contributed by atoms with Gasteiger partial charge < -0.3 is 5.32 Å². The maximum Gasteiger partial charge on any atom is 0.0666 e. The number of hydrogen-bond acceptors (Lipinski definition) is 2. The lowest BCUT2D eigenvalue weighted by Gasteiger charge is -2.15. The lowest BCUT2D eigenvalue weighted by atomic mass is 10.2. The van der Waals surface area contributed by atoms with E-state index in [0.717, 1.165) is 20.7 Å². The summed E-state index contributed by atoms with van der Waals surface area (Å²) < 4.78 is 1.13. The van der Waals surface area contributed by atoms with Crippen LogP contribution in [0.3, 0.4) is 0 Å². The fraction of sp³-hybridized carbons (Fsp3) is 0.231. The number of hydrogen-bond donors (Lipinski definition) is 1. The highest BCUT2D eigenvalue weighted by atomic mass is 79.9. The maximum absolute atomic E-state index is 6.26. The van der Waals surface area contributed by atoms with E-state index >= 15 is 0 Å². The maximum atomic E-state index is 6.26. The first-order valence-corrected chi connectivity index (χ1v) is 7.38. The van der Waals surface area contributed by atoms with Gasteiger partial charge in [-0.05, 0) is 47.5 Å². The number of thiophene rings is 1. The minimum atomic E-state index is 0.255. The van der Waals surface area contributed by atoms with Crippen molar-refractivity contribution in [2.75, 3.05) is 5.32 Å². The smallest absolute Gasteiger partial charge is 0.0666 e. The number of benzene rings is 1. The van der Waals surface area contributed by atoms with E-state index in [1.807, 2.05) is 25.1 Å². The predicted octanol–water partition coefficient (Wildman–Crippen LogP) is 5.65. The molecule has 1 atom stereocenters. The molecule has 1 aromatic heterocycles. The molecule has 0 aliphatic heterocycles. The summed E-state index contributed by atoms with van der Waals surface area (Å²) in [5, 5.41) is 6.33. The number of anilines is 1. The number of nitrogens with one attached hydrogen (secondary N) is 1. The summed E-state index contributed by atoms with van der Waals surface area (Å²) in [5.74, 6) is 0. The molecule has 1 nitrogen and oxygen atoms in total. The van der Waals surface area contributed by atoms with Gasteiger partial charge in [0.05, 0.1) is 16.8 Å². The van der Waals surface area contributed by atoms with Gasteiger partial charge in [0.2, 0.25) is 0 Å². The Balaban J connectivity index is 2.18. The van der Waals surface area contributed by atoms with Crippen molar-refractivity contribution >= 4 is 44.6 Å². The Hall–Kier alpha value is -0.510. The fourth-order valence-corrected chi connectivity index (χ4v) is 3.25. The molecule has 0 spiro atoms. The highest BCUT2D eigenvalue weighted by Gasteiger charge is 2.10. The van der Waals surface area contributed by atoms with Crippen LogP contribution in [-0.4, -0.2) is 0 Å². The lowest BCUT2D eigenvalue weighted by molar-refractivity contribution is 0.907. The Morgan fingerprint density at radius 1 is 1.41 bits per heavy atom. The van der Waals surface area contributed by atoms with E-state index in [1.165, 1.54) is 4.88 Å². The van der Waals surface area contributed by atoms with Gasteiger partial charge in [0, 0.05) is 14.7 Å². The minimum Gasteiger partial charge on any atom is -0.376 e. The van der Waals surface area contributed by atoms with Crippen LogP contribution < -0.4 is 5.32 Å². The van der Waals surface area contributed by atoms with Crippen molar-refractivity contribution in [3.8, 4) is 0 Å². The molecule has 2 aromatic rings. The summed E-state index contributed by atoms with van der Waals surface area (Å²) in [7, 11) is 0. The van der Waals surface area contributed by atoms with E-state index in [2.05, 4.69) is 39.6 Å². The normalized spacial score (nSPS) is 12.5. The van der Waals surface area contributed by atoms with Crippen LogP contribution in [0.25, 0.3) is 0 Å². The van der Waals surface area contributed by atoms with E-state index in [0.29, 0.717) is 0 Å². The summed E-state index contributed by atoms with van der Waals surface area (Å²) >= 11 is 11.5. The van der Waals surface area contributed by atoms with Gasteiger partial charge in [0.15, 0.2) is 0 Å². The molecule has 0 amide bonds. The van der Waals surface area contributed by atoms with Crippen molar-refractivity contribution < 1.29 is 0 Å². The average Bonchev–Trinajstić information content (AvgIpc) is 2.72. The third kappa shape index (κ3) is 3.03. The molecule has 1 N–H and O–H groups in total. The zero-order valence-electron chi connectivity index (χ0n) is 9.63. The van der Waals surface area contributed by atoms with Crippen molar-refractivity contribution in [2.45, 2.75) is 19.9 Å². The zero-order valence-corrected chi connectivity index (χ0v) is 12.8. The Labute approximate surface area is 119 Å². The van der Waals surface area contributed by atoms with Crippen LogP contribution in [0.4, 0.5) is 5.69 Å². The first-order chi connectivity index (χ1) is 8.08. The Morgan fingerprint density at radius 2 is 2.18 bits per heavy atom. The van der Waals surface area contributed by atoms with Gasteiger partial charge in [0.1, 0.15) is 0 Å². The molecular weight excluding hydrogens is 318 g/mol. The first kappa shape index (κ1) is 12.9. The molecule has 0 aliphatic carbocycles. The second kappa shape index (κ2) is 5.42. The second-order valence-electron chi connectivity index (χ2n) is 3.97. The number of aryl methyl sites for hydroxylation is 1. The van der Waals surface area contributed by atoms with E-state index in [4.69, 9.17) is 11.6 Å². The molecule has 0 saturated heterocycles. The van der Waals surface area contributed by atoms with Crippen LogP contribution >= 0.6 is 38.9 Å². The molecular formula is C13H13BrClNS. The molecule has 0 fully saturated rings. The Morgan fingerprint density at radius 3 is 2.82 bits per heavy atom. The summed E-state index contributed by atoms with van der Waals surface area (Å²) in [6.07, 6.45) is 0. The largest absolute Gasteiger partial charge is 0.376 e.